The van der Waals surface area contributed by atoms with Crippen molar-refractivity contribution in [2.45, 2.75) is 51.1 Å². The monoisotopic (exact) mass is 453 g/mol. The summed E-state index contributed by atoms with van der Waals surface area (Å²) < 4.78 is 30.8. The van der Waals surface area contributed by atoms with E-state index in [1.54, 1.807) is 4.68 Å². The van der Waals surface area contributed by atoms with E-state index in [1.807, 2.05) is 49.8 Å². The van der Waals surface area contributed by atoms with Gasteiger partial charge in [0.25, 0.3) is 5.56 Å². The molecule has 32 heavy (non-hydrogen) atoms. The Morgan fingerprint density at radius 1 is 1.06 bits per heavy atom. The molecule has 0 spiro atoms. The Morgan fingerprint density at radius 3 is 2.41 bits per heavy atom. The van der Waals surface area contributed by atoms with Crippen molar-refractivity contribution in [2.75, 3.05) is 6.26 Å². The van der Waals surface area contributed by atoms with Gasteiger partial charge in [-0.1, -0.05) is 54.6 Å². The van der Waals surface area contributed by atoms with Gasteiger partial charge < -0.3 is 0 Å². The highest BCUT2D eigenvalue weighted by molar-refractivity contribution is 7.88. The summed E-state index contributed by atoms with van der Waals surface area (Å²) in [4.78, 5) is 13.4. The lowest BCUT2D eigenvalue weighted by Crippen LogP contribution is -2.43. The standard InChI is InChI=1S/C25H31N3O3S/c1-17(2)28-25(29)24-21(22(26-32(4,30)31)13-14-23(24)27(28)3)16-18-9-8-12-20(15-18)19-10-6-5-7-11-19/h5-12,15,17,21-22,26H,13-14,16H2,1-4H3/t21-,22-/m0/s1. The molecule has 1 N–H and O–H groups in total. The quantitative estimate of drug-likeness (QED) is 0.620. The maximum Gasteiger partial charge on any atom is 0.270 e. The number of fused-ring (bicyclic) bond motifs is 1. The van der Waals surface area contributed by atoms with Crippen LogP contribution in [0.3, 0.4) is 0 Å². The Hall–Kier alpha value is -2.64. The average Bonchev–Trinajstić information content (AvgIpc) is 3.00. The van der Waals surface area contributed by atoms with Gasteiger partial charge in [-0.3, -0.25) is 9.48 Å². The first-order valence-electron chi connectivity index (χ1n) is 11.1. The smallest absolute Gasteiger partial charge is 0.270 e. The molecular weight excluding hydrogens is 422 g/mol. The fourth-order valence-electron chi connectivity index (χ4n) is 5.05. The van der Waals surface area contributed by atoms with Crippen LogP contribution in [-0.2, 0) is 29.9 Å². The van der Waals surface area contributed by atoms with E-state index < -0.39 is 10.0 Å². The van der Waals surface area contributed by atoms with Crippen LogP contribution < -0.4 is 10.3 Å². The van der Waals surface area contributed by atoms with Gasteiger partial charge in [-0.2, -0.15) is 0 Å². The number of hydrogen-bond donors (Lipinski definition) is 1. The average molecular weight is 454 g/mol. The van der Waals surface area contributed by atoms with Crippen molar-refractivity contribution >= 4 is 10.0 Å². The predicted molar refractivity (Wildman–Crippen MR) is 128 cm³/mol. The molecule has 1 aromatic heterocycles. The zero-order valence-corrected chi connectivity index (χ0v) is 19.9. The number of sulfonamides is 1. The Kier molecular flexibility index (Phi) is 6.14. The molecule has 1 aliphatic rings. The van der Waals surface area contributed by atoms with E-state index in [-0.39, 0.29) is 23.6 Å². The molecule has 170 valence electrons. The molecule has 7 heteroatoms. The molecule has 2 atom stereocenters. The lowest BCUT2D eigenvalue weighted by molar-refractivity contribution is 0.409. The highest BCUT2D eigenvalue weighted by Crippen LogP contribution is 2.34. The summed E-state index contributed by atoms with van der Waals surface area (Å²) in [6.45, 7) is 3.99. The molecular formula is C25H31N3O3S. The van der Waals surface area contributed by atoms with Crippen LogP contribution in [0.25, 0.3) is 11.1 Å². The Morgan fingerprint density at radius 2 is 1.75 bits per heavy atom. The summed E-state index contributed by atoms with van der Waals surface area (Å²) in [7, 11) is -1.47. The molecule has 0 bridgehead atoms. The van der Waals surface area contributed by atoms with Crippen molar-refractivity contribution in [1.82, 2.24) is 14.1 Å². The summed E-state index contributed by atoms with van der Waals surface area (Å²) in [6.07, 6.45) is 3.12. The number of hydrogen-bond acceptors (Lipinski definition) is 3. The van der Waals surface area contributed by atoms with Gasteiger partial charge in [0.1, 0.15) is 0 Å². The maximum absolute atomic E-state index is 13.4. The molecule has 4 rings (SSSR count). The van der Waals surface area contributed by atoms with Crippen molar-refractivity contribution in [3.05, 3.63) is 81.8 Å². The van der Waals surface area contributed by atoms with Crippen LogP contribution in [0.4, 0.5) is 0 Å². The lowest BCUT2D eigenvalue weighted by atomic mass is 9.79. The van der Waals surface area contributed by atoms with Gasteiger partial charge in [0.2, 0.25) is 10.0 Å². The first kappa shape index (κ1) is 22.6. The molecule has 0 fully saturated rings. The van der Waals surface area contributed by atoms with Crippen LogP contribution in [0.15, 0.2) is 59.4 Å². The van der Waals surface area contributed by atoms with Crippen LogP contribution >= 0.6 is 0 Å². The second kappa shape index (κ2) is 8.71. The van der Waals surface area contributed by atoms with Crippen molar-refractivity contribution in [2.24, 2.45) is 7.05 Å². The van der Waals surface area contributed by atoms with E-state index in [4.69, 9.17) is 0 Å². The summed E-state index contributed by atoms with van der Waals surface area (Å²) in [6, 6.07) is 18.2. The van der Waals surface area contributed by atoms with Gasteiger partial charge in [-0.25, -0.2) is 17.8 Å². The first-order valence-corrected chi connectivity index (χ1v) is 13.0. The third kappa shape index (κ3) is 4.45. The Balaban J connectivity index is 1.78. The molecule has 0 radical (unpaired) electrons. The normalized spacial score (nSPS) is 18.7. The van der Waals surface area contributed by atoms with E-state index in [9.17, 15) is 13.2 Å². The SMILES string of the molecule is CC(C)n1c(=O)c2c(n1C)CC[C@H](NS(C)(=O)=O)[C@@H]2Cc1cccc(-c2ccccc2)c1. The summed E-state index contributed by atoms with van der Waals surface area (Å²) in [5.74, 6) is -0.224. The maximum atomic E-state index is 13.4. The third-order valence-electron chi connectivity index (χ3n) is 6.36. The fraction of sp³-hybridized carbons (Fsp3) is 0.400. The highest BCUT2D eigenvalue weighted by Gasteiger charge is 2.37. The summed E-state index contributed by atoms with van der Waals surface area (Å²) in [5.41, 5.74) is 5.08. The minimum atomic E-state index is -3.40. The van der Waals surface area contributed by atoms with Gasteiger partial charge in [-0.15, -0.1) is 0 Å². The van der Waals surface area contributed by atoms with Gasteiger partial charge in [0, 0.05) is 36.3 Å². The minimum Gasteiger partial charge on any atom is -0.289 e. The van der Waals surface area contributed by atoms with Crippen LogP contribution in [0.5, 0.6) is 0 Å². The zero-order chi connectivity index (χ0) is 23.0. The summed E-state index contributed by atoms with van der Waals surface area (Å²) >= 11 is 0. The molecule has 2 aromatic carbocycles. The molecule has 1 aliphatic carbocycles. The predicted octanol–water partition coefficient (Wildman–Crippen LogP) is 3.63. The lowest BCUT2D eigenvalue weighted by Gasteiger charge is -2.31. The second-order valence-electron chi connectivity index (χ2n) is 9.04. The van der Waals surface area contributed by atoms with E-state index in [0.29, 0.717) is 19.3 Å². The van der Waals surface area contributed by atoms with Crippen molar-refractivity contribution in [1.29, 1.82) is 0 Å². The first-order chi connectivity index (χ1) is 15.2. The Labute approximate surface area is 189 Å². The van der Waals surface area contributed by atoms with Crippen molar-refractivity contribution < 1.29 is 8.42 Å². The van der Waals surface area contributed by atoms with Crippen LogP contribution in [0.2, 0.25) is 0 Å². The van der Waals surface area contributed by atoms with Gasteiger partial charge in [-0.05, 0) is 49.8 Å². The molecule has 6 nitrogen and oxygen atoms in total. The molecule has 0 saturated carbocycles. The number of nitrogens with zero attached hydrogens (tertiary/aromatic N) is 2. The zero-order valence-electron chi connectivity index (χ0n) is 19.1. The van der Waals surface area contributed by atoms with E-state index >= 15 is 0 Å². The molecule has 0 unspecified atom stereocenters. The summed E-state index contributed by atoms with van der Waals surface area (Å²) in [5, 5.41) is 0. The van der Waals surface area contributed by atoms with Gasteiger partial charge in [0.15, 0.2) is 0 Å². The molecule has 3 aromatic rings. The van der Waals surface area contributed by atoms with E-state index in [1.165, 1.54) is 6.26 Å². The minimum absolute atomic E-state index is 0.0123. The van der Waals surface area contributed by atoms with E-state index in [0.717, 1.165) is 27.9 Å². The second-order valence-corrected chi connectivity index (χ2v) is 10.8. The van der Waals surface area contributed by atoms with Crippen LogP contribution in [0, 0.1) is 0 Å². The van der Waals surface area contributed by atoms with Crippen LogP contribution in [0.1, 0.15) is 49.0 Å². The van der Waals surface area contributed by atoms with E-state index in [2.05, 4.69) is 35.1 Å². The molecule has 0 saturated heterocycles. The highest BCUT2D eigenvalue weighted by atomic mass is 32.2. The number of benzene rings is 2. The number of rotatable bonds is 6. The largest absolute Gasteiger partial charge is 0.289 e. The molecule has 0 aliphatic heterocycles. The number of nitrogens with one attached hydrogen (secondary N) is 1. The number of aromatic nitrogens is 2. The van der Waals surface area contributed by atoms with Gasteiger partial charge >= 0.3 is 0 Å². The molecule has 1 heterocycles. The van der Waals surface area contributed by atoms with Crippen molar-refractivity contribution in [3.8, 4) is 11.1 Å². The Bertz CT molecular complexity index is 1270. The molecule has 0 amide bonds. The fourth-order valence-corrected chi connectivity index (χ4v) is 5.89. The van der Waals surface area contributed by atoms with Crippen molar-refractivity contribution in [3.63, 3.8) is 0 Å². The topological polar surface area (TPSA) is 73.1 Å². The van der Waals surface area contributed by atoms with Gasteiger partial charge in [0.05, 0.1) is 6.26 Å². The van der Waals surface area contributed by atoms with Crippen LogP contribution in [-0.4, -0.2) is 30.1 Å². The third-order valence-corrected chi connectivity index (χ3v) is 7.09.